The first-order chi connectivity index (χ1) is 12.1. The van der Waals surface area contributed by atoms with Gasteiger partial charge in [0.15, 0.2) is 0 Å². The van der Waals surface area contributed by atoms with Crippen molar-refractivity contribution in [1.82, 2.24) is 4.90 Å². The third kappa shape index (κ3) is 4.10. The molecule has 1 amide bonds. The number of amides is 1. The summed E-state index contributed by atoms with van der Waals surface area (Å²) < 4.78 is 5.10. The maximum Gasteiger partial charge on any atom is 0.332 e. The second-order valence-corrected chi connectivity index (χ2v) is 6.69. The lowest BCUT2D eigenvalue weighted by atomic mass is 9.86. The number of nitrogens with zero attached hydrogens (tertiary/aromatic N) is 1. The number of methoxy groups -OCH3 is 1. The molecule has 0 spiro atoms. The molecule has 1 aliphatic heterocycles. The molecule has 1 aliphatic carbocycles. The van der Waals surface area contributed by atoms with Crippen LogP contribution in [0.15, 0.2) is 42.0 Å². The number of likely N-dealkylation sites (tertiary alicyclic amines) is 1. The molecule has 0 saturated carbocycles. The Morgan fingerprint density at radius 1 is 1.16 bits per heavy atom. The van der Waals surface area contributed by atoms with Gasteiger partial charge in [0, 0.05) is 18.7 Å². The van der Waals surface area contributed by atoms with Gasteiger partial charge in [-0.05, 0) is 48.4 Å². The Balaban J connectivity index is 1.68. The summed E-state index contributed by atoms with van der Waals surface area (Å²) in [6.07, 6.45) is 7.88. The van der Waals surface area contributed by atoms with Gasteiger partial charge < -0.3 is 14.7 Å². The number of fused-ring (bicyclic) bond motifs is 1. The number of carbonyl (C=O) groups is 2. The van der Waals surface area contributed by atoms with Gasteiger partial charge in [-0.15, -0.1) is 0 Å². The summed E-state index contributed by atoms with van der Waals surface area (Å²) in [6.45, 7) is 1.48. The van der Waals surface area contributed by atoms with Gasteiger partial charge in [0.25, 0.3) is 0 Å². The molecule has 5 nitrogen and oxygen atoms in total. The van der Waals surface area contributed by atoms with Crippen molar-refractivity contribution in [2.75, 3.05) is 20.2 Å². The molecule has 1 fully saturated rings. The van der Waals surface area contributed by atoms with Crippen molar-refractivity contribution in [2.24, 2.45) is 11.8 Å². The SMILES string of the molecule is COc1ccc(/C=C(\CC(=O)N2CC3CC=CCC3C2)C(=O)O)cc1. The normalized spacial score (nSPS) is 22.6. The molecule has 0 aromatic heterocycles. The minimum absolute atomic E-state index is 0.0752. The van der Waals surface area contributed by atoms with Crippen LogP contribution in [0.5, 0.6) is 5.75 Å². The molecule has 1 heterocycles. The summed E-state index contributed by atoms with van der Waals surface area (Å²) in [5, 5.41) is 9.46. The van der Waals surface area contributed by atoms with Crippen molar-refractivity contribution in [3.8, 4) is 5.75 Å². The lowest BCUT2D eigenvalue weighted by Gasteiger charge is -2.17. The minimum Gasteiger partial charge on any atom is -0.497 e. The fourth-order valence-electron chi connectivity index (χ4n) is 3.58. The first-order valence-corrected chi connectivity index (χ1v) is 8.57. The summed E-state index contributed by atoms with van der Waals surface area (Å²) in [5.74, 6) is 0.595. The predicted molar refractivity (Wildman–Crippen MR) is 95.2 cm³/mol. The Morgan fingerprint density at radius 2 is 1.76 bits per heavy atom. The summed E-state index contributed by atoms with van der Waals surface area (Å²) in [4.78, 5) is 26.0. The fourth-order valence-corrected chi connectivity index (χ4v) is 3.58. The van der Waals surface area contributed by atoms with Gasteiger partial charge >= 0.3 is 5.97 Å². The van der Waals surface area contributed by atoms with E-state index in [-0.39, 0.29) is 17.9 Å². The third-order valence-electron chi connectivity index (χ3n) is 5.05. The molecule has 2 atom stereocenters. The van der Waals surface area contributed by atoms with Crippen LogP contribution >= 0.6 is 0 Å². The van der Waals surface area contributed by atoms with E-state index in [1.807, 2.05) is 4.90 Å². The van der Waals surface area contributed by atoms with Crippen LogP contribution < -0.4 is 4.74 Å². The van der Waals surface area contributed by atoms with E-state index < -0.39 is 5.97 Å². The molecule has 132 valence electrons. The first kappa shape index (κ1) is 17.3. The second-order valence-electron chi connectivity index (χ2n) is 6.69. The Hall–Kier alpha value is -2.56. The molecule has 5 heteroatoms. The number of benzene rings is 1. The highest BCUT2D eigenvalue weighted by Crippen LogP contribution is 2.33. The zero-order valence-corrected chi connectivity index (χ0v) is 14.4. The number of ether oxygens (including phenoxy) is 1. The number of carbonyl (C=O) groups excluding carboxylic acids is 1. The van der Waals surface area contributed by atoms with Gasteiger partial charge in [0.1, 0.15) is 5.75 Å². The molecular formula is C20H23NO4. The monoisotopic (exact) mass is 341 g/mol. The summed E-state index contributed by atoms with van der Waals surface area (Å²) in [6, 6.07) is 7.10. The van der Waals surface area contributed by atoms with Crippen LogP contribution in [0.4, 0.5) is 0 Å². The number of allylic oxidation sites excluding steroid dienone is 2. The van der Waals surface area contributed by atoms with Crippen LogP contribution in [0.25, 0.3) is 6.08 Å². The predicted octanol–water partition coefficient (Wildman–Crippen LogP) is 2.98. The van der Waals surface area contributed by atoms with Crippen LogP contribution in [0.2, 0.25) is 0 Å². The van der Waals surface area contributed by atoms with Crippen LogP contribution in [-0.2, 0) is 9.59 Å². The summed E-state index contributed by atoms with van der Waals surface area (Å²) in [5.41, 5.74) is 0.855. The van der Waals surface area contributed by atoms with E-state index in [4.69, 9.17) is 4.74 Å². The maximum atomic E-state index is 12.6. The second kappa shape index (κ2) is 7.55. The van der Waals surface area contributed by atoms with Crippen molar-refractivity contribution >= 4 is 18.0 Å². The van der Waals surface area contributed by atoms with Gasteiger partial charge in [-0.3, -0.25) is 4.79 Å². The van der Waals surface area contributed by atoms with Crippen molar-refractivity contribution in [2.45, 2.75) is 19.3 Å². The fraction of sp³-hybridized carbons (Fsp3) is 0.400. The van der Waals surface area contributed by atoms with Crippen molar-refractivity contribution in [3.63, 3.8) is 0 Å². The van der Waals surface area contributed by atoms with Gasteiger partial charge in [-0.25, -0.2) is 4.79 Å². The van der Waals surface area contributed by atoms with Crippen LogP contribution in [0.1, 0.15) is 24.8 Å². The highest BCUT2D eigenvalue weighted by molar-refractivity contribution is 5.98. The number of carboxylic acids is 1. The van der Waals surface area contributed by atoms with Crippen LogP contribution in [0, 0.1) is 11.8 Å². The molecule has 2 unspecified atom stereocenters. The highest BCUT2D eigenvalue weighted by atomic mass is 16.5. The number of carboxylic acid groups (broad SMARTS) is 1. The molecule has 25 heavy (non-hydrogen) atoms. The molecule has 1 saturated heterocycles. The minimum atomic E-state index is -1.05. The van der Waals surface area contributed by atoms with Gasteiger partial charge in [-0.1, -0.05) is 24.3 Å². The summed E-state index contributed by atoms with van der Waals surface area (Å²) >= 11 is 0. The van der Waals surface area contributed by atoms with E-state index in [0.717, 1.165) is 31.5 Å². The van der Waals surface area contributed by atoms with E-state index in [1.165, 1.54) is 0 Å². The van der Waals surface area contributed by atoms with Gasteiger partial charge in [-0.2, -0.15) is 0 Å². The Labute approximate surface area is 147 Å². The number of rotatable bonds is 5. The van der Waals surface area contributed by atoms with Crippen molar-refractivity contribution in [1.29, 1.82) is 0 Å². The van der Waals surface area contributed by atoms with E-state index >= 15 is 0 Å². The lowest BCUT2D eigenvalue weighted by Crippen LogP contribution is -2.29. The molecule has 3 rings (SSSR count). The Bertz CT molecular complexity index is 689. The topological polar surface area (TPSA) is 66.8 Å². The molecule has 0 radical (unpaired) electrons. The number of hydrogen-bond acceptors (Lipinski definition) is 3. The third-order valence-corrected chi connectivity index (χ3v) is 5.05. The molecular weight excluding hydrogens is 318 g/mol. The van der Waals surface area contributed by atoms with Crippen molar-refractivity contribution < 1.29 is 19.4 Å². The summed E-state index contributed by atoms with van der Waals surface area (Å²) in [7, 11) is 1.58. The Kier molecular flexibility index (Phi) is 5.22. The van der Waals surface area contributed by atoms with E-state index in [0.29, 0.717) is 17.6 Å². The maximum absolute atomic E-state index is 12.6. The number of hydrogen-bond donors (Lipinski definition) is 1. The van der Waals surface area contributed by atoms with Crippen LogP contribution in [-0.4, -0.2) is 42.1 Å². The number of aliphatic carboxylic acids is 1. The highest BCUT2D eigenvalue weighted by Gasteiger charge is 2.35. The molecule has 1 aromatic carbocycles. The van der Waals surface area contributed by atoms with Gasteiger partial charge in [0.2, 0.25) is 5.91 Å². The lowest BCUT2D eigenvalue weighted by molar-refractivity contribution is -0.136. The smallest absolute Gasteiger partial charge is 0.332 e. The zero-order chi connectivity index (χ0) is 17.8. The largest absolute Gasteiger partial charge is 0.497 e. The molecule has 1 aromatic rings. The van der Waals surface area contributed by atoms with Gasteiger partial charge in [0.05, 0.1) is 13.5 Å². The quantitative estimate of drug-likeness (QED) is 0.660. The van der Waals surface area contributed by atoms with E-state index in [9.17, 15) is 14.7 Å². The molecule has 0 bridgehead atoms. The standard InChI is InChI=1S/C20H23NO4/c1-25-18-8-6-14(7-9-18)10-17(20(23)24)11-19(22)21-12-15-4-2-3-5-16(15)13-21/h2-3,6-10,15-16H,4-5,11-13H2,1H3,(H,23,24)/b17-10+. The first-order valence-electron chi connectivity index (χ1n) is 8.57. The molecule has 2 aliphatic rings. The van der Waals surface area contributed by atoms with E-state index in [2.05, 4.69) is 12.2 Å². The Morgan fingerprint density at radius 3 is 2.28 bits per heavy atom. The molecule has 1 N–H and O–H groups in total. The average molecular weight is 341 g/mol. The van der Waals surface area contributed by atoms with Crippen molar-refractivity contribution in [3.05, 3.63) is 47.6 Å². The average Bonchev–Trinajstić information content (AvgIpc) is 3.06. The zero-order valence-electron chi connectivity index (χ0n) is 14.4. The van der Waals surface area contributed by atoms with Crippen LogP contribution in [0.3, 0.4) is 0 Å². The van der Waals surface area contributed by atoms with E-state index in [1.54, 1.807) is 37.5 Å².